The third-order valence-corrected chi connectivity index (χ3v) is 9.80. The molecule has 0 aliphatic carbocycles. The summed E-state index contributed by atoms with van der Waals surface area (Å²) < 4.78 is 31.4. The Hall–Kier alpha value is -4.32. The lowest BCUT2D eigenvalue weighted by Gasteiger charge is -2.26. The molecule has 1 aliphatic heterocycles. The van der Waals surface area contributed by atoms with E-state index < -0.39 is 12.0 Å². The fourth-order valence-electron chi connectivity index (χ4n) is 5.58. The van der Waals surface area contributed by atoms with E-state index in [0.29, 0.717) is 66.1 Å². The summed E-state index contributed by atoms with van der Waals surface area (Å²) in [5.74, 6) is 1.47. The molecule has 0 saturated carbocycles. The molecule has 0 unspecified atom stereocenters. The van der Waals surface area contributed by atoms with E-state index in [1.807, 2.05) is 43.3 Å². The monoisotopic (exact) mass is 766 g/mol. The summed E-state index contributed by atoms with van der Waals surface area (Å²) in [7, 11) is 3.06. The van der Waals surface area contributed by atoms with Crippen LogP contribution in [0.4, 0.5) is 0 Å². The summed E-state index contributed by atoms with van der Waals surface area (Å²) in [5.41, 5.74) is 3.38. The highest BCUT2D eigenvalue weighted by Gasteiger charge is 2.35. The largest absolute Gasteiger partial charge is 0.493 e. The number of aromatic nitrogens is 1. The minimum atomic E-state index is -0.859. The molecule has 12 heteroatoms. The molecule has 256 valence electrons. The number of hydrogen-bond donors (Lipinski definition) is 0. The minimum absolute atomic E-state index is 0.160. The molecule has 0 N–H and O–H groups in total. The van der Waals surface area contributed by atoms with Gasteiger partial charge in [-0.3, -0.25) is 9.36 Å². The Kier molecular flexibility index (Phi) is 11.7. The number of halogens is 2. The summed E-state index contributed by atoms with van der Waals surface area (Å²) in [5, 5.41) is 0.609. The maximum Gasteiger partial charge on any atom is 0.338 e. The highest BCUT2D eigenvalue weighted by Crippen LogP contribution is 2.41. The maximum atomic E-state index is 14.4. The van der Waals surface area contributed by atoms with Crippen molar-refractivity contribution < 1.29 is 28.5 Å². The van der Waals surface area contributed by atoms with Crippen molar-refractivity contribution in [2.75, 3.05) is 27.4 Å². The number of fused-ring (bicyclic) bond motifs is 1. The van der Waals surface area contributed by atoms with Gasteiger partial charge in [-0.05, 0) is 74.7 Å². The number of hydrogen-bond acceptors (Lipinski definition) is 9. The van der Waals surface area contributed by atoms with E-state index in [1.165, 1.54) is 30.1 Å². The third kappa shape index (κ3) is 7.49. The Morgan fingerprint density at radius 2 is 1.78 bits per heavy atom. The summed E-state index contributed by atoms with van der Waals surface area (Å²) in [6.45, 7) is 10.1. The first-order valence-corrected chi connectivity index (χ1v) is 17.5. The molecule has 4 aromatic rings. The normalized spacial score (nSPS) is 14.2. The number of esters is 1. The molecule has 2 heterocycles. The number of ether oxygens (including phenoxy) is 5. The fraction of sp³-hybridized carbons (Fsp3) is 0.270. The Bertz CT molecular complexity index is 2120. The zero-order chi connectivity index (χ0) is 35.2. The van der Waals surface area contributed by atoms with Gasteiger partial charge in [-0.25, -0.2) is 9.79 Å². The van der Waals surface area contributed by atoms with Crippen LogP contribution >= 0.6 is 38.9 Å². The molecule has 9 nitrogen and oxygen atoms in total. The number of nitrogens with zero attached hydrogens (tertiary/aromatic N) is 2. The lowest BCUT2D eigenvalue weighted by atomic mass is 9.95. The van der Waals surface area contributed by atoms with Crippen LogP contribution in [0.25, 0.3) is 6.08 Å². The van der Waals surface area contributed by atoms with Crippen LogP contribution < -0.4 is 33.8 Å². The summed E-state index contributed by atoms with van der Waals surface area (Å²) >= 11 is 11.3. The molecule has 1 aliphatic rings. The second-order valence-electron chi connectivity index (χ2n) is 10.8. The van der Waals surface area contributed by atoms with Crippen molar-refractivity contribution in [1.29, 1.82) is 0 Å². The van der Waals surface area contributed by atoms with Crippen LogP contribution in [0.5, 0.6) is 23.0 Å². The average Bonchev–Trinajstić information content (AvgIpc) is 3.38. The van der Waals surface area contributed by atoms with Crippen LogP contribution in [0.1, 0.15) is 49.1 Å². The first-order chi connectivity index (χ1) is 23.6. The Labute approximate surface area is 301 Å². The first kappa shape index (κ1) is 36.0. The second kappa shape index (κ2) is 15.9. The van der Waals surface area contributed by atoms with E-state index in [2.05, 4.69) is 22.5 Å². The van der Waals surface area contributed by atoms with Crippen LogP contribution in [0.3, 0.4) is 0 Å². The van der Waals surface area contributed by atoms with E-state index in [9.17, 15) is 9.59 Å². The number of thiazole rings is 1. The van der Waals surface area contributed by atoms with Gasteiger partial charge in [0.05, 0.1) is 49.3 Å². The maximum absolute atomic E-state index is 14.4. The van der Waals surface area contributed by atoms with Crippen LogP contribution in [-0.4, -0.2) is 38.0 Å². The minimum Gasteiger partial charge on any atom is -0.493 e. The van der Waals surface area contributed by atoms with Crippen molar-refractivity contribution >= 4 is 50.9 Å². The van der Waals surface area contributed by atoms with Crippen molar-refractivity contribution in [3.05, 3.63) is 124 Å². The Morgan fingerprint density at radius 1 is 1.04 bits per heavy atom. The average molecular weight is 768 g/mol. The van der Waals surface area contributed by atoms with E-state index >= 15 is 0 Å². The lowest BCUT2D eigenvalue weighted by molar-refractivity contribution is -0.139. The zero-order valence-electron chi connectivity index (χ0n) is 27.8. The third-order valence-electron chi connectivity index (χ3n) is 7.76. The number of rotatable bonds is 13. The van der Waals surface area contributed by atoms with Crippen LogP contribution in [0, 0.1) is 0 Å². The lowest BCUT2D eigenvalue weighted by Crippen LogP contribution is -2.40. The van der Waals surface area contributed by atoms with E-state index in [-0.39, 0.29) is 24.3 Å². The number of carbonyl (C=O) groups is 1. The molecule has 3 aromatic carbocycles. The first-order valence-electron chi connectivity index (χ1n) is 15.5. The predicted molar refractivity (Wildman–Crippen MR) is 195 cm³/mol. The number of allylic oxidation sites excluding steroid dienone is 2. The number of carbonyl (C=O) groups excluding carboxylic acids is 1. The van der Waals surface area contributed by atoms with Crippen LogP contribution in [0.15, 0.2) is 86.7 Å². The van der Waals surface area contributed by atoms with Gasteiger partial charge in [-0.2, -0.15) is 0 Å². The van der Waals surface area contributed by atoms with E-state index in [0.717, 1.165) is 16.7 Å². The molecule has 0 saturated heterocycles. The van der Waals surface area contributed by atoms with Gasteiger partial charge in [-0.15, -0.1) is 6.58 Å². The van der Waals surface area contributed by atoms with Crippen LogP contribution in [-0.2, 0) is 22.6 Å². The topological polar surface area (TPSA) is 97.6 Å². The molecule has 0 spiro atoms. The van der Waals surface area contributed by atoms with Gasteiger partial charge < -0.3 is 23.7 Å². The van der Waals surface area contributed by atoms with Gasteiger partial charge in [0.1, 0.15) is 6.61 Å². The molecule has 1 atom stereocenters. The van der Waals surface area contributed by atoms with E-state index in [4.69, 9.17) is 40.3 Å². The molecule has 0 fully saturated rings. The molecule has 49 heavy (non-hydrogen) atoms. The fourth-order valence-corrected chi connectivity index (χ4v) is 7.36. The smallest absolute Gasteiger partial charge is 0.338 e. The Morgan fingerprint density at radius 3 is 2.45 bits per heavy atom. The highest BCUT2D eigenvalue weighted by molar-refractivity contribution is 9.10. The molecular weight excluding hydrogens is 732 g/mol. The predicted octanol–water partition coefficient (Wildman–Crippen LogP) is 6.94. The molecule has 0 bridgehead atoms. The van der Waals surface area contributed by atoms with Crippen LogP contribution in [0.2, 0.25) is 5.02 Å². The van der Waals surface area contributed by atoms with Crippen molar-refractivity contribution in [2.24, 2.45) is 4.99 Å². The molecule has 0 amide bonds. The number of methoxy groups -OCH3 is 2. The molecular formula is C37H36BrClN2O7S. The van der Waals surface area contributed by atoms with Crippen molar-refractivity contribution in [1.82, 2.24) is 4.57 Å². The molecule has 0 radical (unpaired) electrons. The van der Waals surface area contributed by atoms with Gasteiger partial charge in [-0.1, -0.05) is 63.1 Å². The van der Waals surface area contributed by atoms with Gasteiger partial charge in [0, 0.05) is 20.6 Å². The molecule has 1 aromatic heterocycles. The number of benzene rings is 3. The zero-order valence-corrected chi connectivity index (χ0v) is 31.0. The van der Waals surface area contributed by atoms with E-state index in [1.54, 1.807) is 38.1 Å². The SMILES string of the molecule is C=CCc1cc(/C=c2/sc3n(c2=O)[C@@H](c2cc(OC)c(OC)cc2Br)C(C(=O)OCC)=C(C)N=3)cc(OCC)c1OCc1ccccc1Cl. The van der Waals surface area contributed by atoms with Crippen molar-refractivity contribution in [2.45, 2.75) is 39.8 Å². The second-order valence-corrected chi connectivity index (χ2v) is 13.1. The summed E-state index contributed by atoms with van der Waals surface area (Å²) in [4.78, 5) is 32.9. The summed E-state index contributed by atoms with van der Waals surface area (Å²) in [6.07, 6.45) is 4.07. The van der Waals surface area contributed by atoms with Gasteiger partial charge in [0.15, 0.2) is 27.8 Å². The highest BCUT2D eigenvalue weighted by atomic mass is 79.9. The summed E-state index contributed by atoms with van der Waals surface area (Å²) in [6, 6.07) is 13.9. The van der Waals surface area contributed by atoms with Crippen molar-refractivity contribution in [3.63, 3.8) is 0 Å². The quantitative estimate of drug-likeness (QED) is 0.108. The Balaban J connectivity index is 1.68. The standard InChI is InChI=1S/C37H36BrClN2O7S/c1-7-12-23-15-22(16-30(46-8-2)34(23)48-20-24-13-10-11-14-27(24)39)17-31-35(42)41-33(25-18-28(44-5)29(45-6)19-26(25)38)32(36(43)47-9-3)21(4)40-37(41)49-31/h7,10-11,13-19,33H,1,8-9,12,20H2,2-6H3/b31-17+/t33-/m0/s1. The van der Waals surface area contributed by atoms with Gasteiger partial charge in [0.25, 0.3) is 5.56 Å². The van der Waals surface area contributed by atoms with Gasteiger partial charge in [0.2, 0.25) is 0 Å². The van der Waals surface area contributed by atoms with Crippen molar-refractivity contribution in [3.8, 4) is 23.0 Å². The molecule has 5 rings (SSSR count). The van der Waals surface area contributed by atoms with Gasteiger partial charge >= 0.3 is 5.97 Å².